The van der Waals surface area contributed by atoms with Crippen molar-refractivity contribution in [1.82, 2.24) is 0 Å². The Labute approximate surface area is 124 Å². The number of halogens is 1. The summed E-state index contributed by atoms with van der Waals surface area (Å²) in [4.78, 5) is 21.7. The number of hydrogen-bond donors (Lipinski definition) is 2. The Balaban J connectivity index is 2.16. The fraction of sp³-hybridized carbons (Fsp3) is 0.462. The lowest BCUT2D eigenvalue weighted by molar-refractivity contribution is -0.385. The van der Waals surface area contributed by atoms with Crippen LogP contribution in [0.25, 0.3) is 0 Å². The molecule has 0 aromatic heterocycles. The second kappa shape index (κ2) is 5.40. The Morgan fingerprint density at radius 3 is 2.65 bits per heavy atom. The lowest BCUT2D eigenvalue weighted by atomic mass is 9.69. The summed E-state index contributed by atoms with van der Waals surface area (Å²) < 4.78 is 0.565. The van der Waals surface area contributed by atoms with Crippen molar-refractivity contribution in [1.29, 1.82) is 0 Å². The molecule has 2 N–H and O–H groups in total. The molecule has 0 radical (unpaired) electrons. The topological polar surface area (TPSA) is 92.5 Å². The van der Waals surface area contributed by atoms with Crippen molar-refractivity contribution in [3.63, 3.8) is 0 Å². The van der Waals surface area contributed by atoms with Crippen molar-refractivity contribution in [3.05, 3.63) is 32.3 Å². The highest BCUT2D eigenvalue weighted by atomic mass is 79.9. The van der Waals surface area contributed by atoms with Crippen LogP contribution in [0.1, 0.15) is 24.8 Å². The quantitative estimate of drug-likeness (QED) is 0.632. The zero-order chi connectivity index (χ0) is 14.9. The van der Waals surface area contributed by atoms with Crippen LogP contribution < -0.4 is 5.32 Å². The summed E-state index contributed by atoms with van der Waals surface area (Å²) in [5.74, 6) is -0.786. The molecule has 0 aliphatic heterocycles. The third-order valence-corrected chi connectivity index (χ3v) is 4.52. The minimum Gasteiger partial charge on any atom is -0.481 e. The van der Waals surface area contributed by atoms with Crippen molar-refractivity contribution < 1.29 is 14.8 Å². The molecule has 1 saturated carbocycles. The first-order valence-electron chi connectivity index (χ1n) is 6.27. The summed E-state index contributed by atoms with van der Waals surface area (Å²) >= 11 is 3.28. The SMILES string of the molecule is Cc1cc(NCC2(C(=O)O)CCC2)c(Br)cc1[N+](=O)[O-]. The van der Waals surface area contributed by atoms with Crippen molar-refractivity contribution in [2.45, 2.75) is 26.2 Å². The highest BCUT2D eigenvalue weighted by Crippen LogP contribution is 2.42. The Morgan fingerprint density at radius 1 is 1.55 bits per heavy atom. The molecule has 6 nitrogen and oxygen atoms in total. The number of nitro groups is 1. The van der Waals surface area contributed by atoms with E-state index in [0.717, 1.165) is 6.42 Å². The molecule has 0 atom stereocenters. The fourth-order valence-corrected chi connectivity index (χ4v) is 2.81. The van der Waals surface area contributed by atoms with E-state index in [1.807, 2.05) is 0 Å². The molecule has 0 unspecified atom stereocenters. The van der Waals surface area contributed by atoms with E-state index in [4.69, 9.17) is 0 Å². The molecule has 7 heteroatoms. The highest BCUT2D eigenvalue weighted by Gasteiger charge is 2.44. The van der Waals surface area contributed by atoms with Crippen LogP contribution in [0.15, 0.2) is 16.6 Å². The van der Waals surface area contributed by atoms with E-state index >= 15 is 0 Å². The van der Waals surface area contributed by atoms with E-state index in [1.54, 1.807) is 13.0 Å². The van der Waals surface area contributed by atoms with Gasteiger partial charge in [0.25, 0.3) is 5.69 Å². The van der Waals surface area contributed by atoms with Gasteiger partial charge in [-0.2, -0.15) is 0 Å². The maximum Gasteiger partial charge on any atom is 0.311 e. The molecule has 20 heavy (non-hydrogen) atoms. The third-order valence-electron chi connectivity index (χ3n) is 3.86. The average molecular weight is 343 g/mol. The van der Waals surface area contributed by atoms with Crippen LogP contribution in [0.5, 0.6) is 0 Å². The largest absolute Gasteiger partial charge is 0.481 e. The van der Waals surface area contributed by atoms with E-state index in [9.17, 15) is 20.0 Å². The molecule has 1 aliphatic carbocycles. The summed E-state index contributed by atoms with van der Waals surface area (Å²) in [6.07, 6.45) is 2.26. The van der Waals surface area contributed by atoms with Gasteiger partial charge in [0.1, 0.15) is 0 Å². The Kier molecular flexibility index (Phi) is 3.99. The molecule has 1 aliphatic rings. The Bertz CT molecular complexity index is 570. The van der Waals surface area contributed by atoms with Gasteiger partial charge in [0.2, 0.25) is 0 Å². The molecule has 1 fully saturated rings. The van der Waals surface area contributed by atoms with Gasteiger partial charge in [-0.25, -0.2) is 0 Å². The van der Waals surface area contributed by atoms with E-state index < -0.39 is 16.3 Å². The molecular formula is C13H15BrN2O4. The first-order valence-corrected chi connectivity index (χ1v) is 7.07. The fourth-order valence-electron chi connectivity index (χ4n) is 2.34. The smallest absolute Gasteiger partial charge is 0.311 e. The molecule has 0 amide bonds. The van der Waals surface area contributed by atoms with E-state index in [-0.39, 0.29) is 5.69 Å². The summed E-state index contributed by atoms with van der Waals surface area (Å²) in [7, 11) is 0. The predicted octanol–water partition coefficient (Wildman–Crippen LogP) is 3.33. The number of hydrogen-bond acceptors (Lipinski definition) is 4. The molecule has 1 aromatic carbocycles. The number of carbonyl (C=O) groups is 1. The summed E-state index contributed by atoms with van der Waals surface area (Å²) in [5, 5.41) is 23.2. The third kappa shape index (κ3) is 2.63. The second-order valence-corrected chi connectivity index (χ2v) is 6.02. The van der Waals surface area contributed by atoms with Crippen molar-refractivity contribution in [2.24, 2.45) is 5.41 Å². The van der Waals surface area contributed by atoms with Crippen molar-refractivity contribution >= 4 is 33.3 Å². The minimum absolute atomic E-state index is 0.0408. The monoisotopic (exact) mass is 342 g/mol. The van der Waals surface area contributed by atoms with Crippen LogP contribution in [0.4, 0.5) is 11.4 Å². The van der Waals surface area contributed by atoms with Crippen LogP contribution in [0, 0.1) is 22.5 Å². The number of rotatable bonds is 5. The van der Waals surface area contributed by atoms with Crippen LogP contribution >= 0.6 is 15.9 Å². The van der Waals surface area contributed by atoms with Crippen LogP contribution in [-0.2, 0) is 4.79 Å². The number of aryl methyl sites for hydroxylation is 1. The van der Waals surface area contributed by atoms with E-state index in [1.165, 1.54) is 6.07 Å². The van der Waals surface area contributed by atoms with Crippen LogP contribution in [-0.4, -0.2) is 22.5 Å². The highest BCUT2D eigenvalue weighted by molar-refractivity contribution is 9.10. The van der Waals surface area contributed by atoms with Gasteiger partial charge in [0.15, 0.2) is 0 Å². The molecular weight excluding hydrogens is 328 g/mol. The summed E-state index contributed by atoms with van der Waals surface area (Å²) in [6.45, 7) is 1.99. The summed E-state index contributed by atoms with van der Waals surface area (Å²) in [5.41, 5.74) is 0.563. The number of carboxylic acid groups (broad SMARTS) is 1. The number of aliphatic carboxylic acids is 1. The number of anilines is 1. The molecule has 1 aromatic rings. The lowest BCUT2D eigenvalue weighted by Gasteiger charge is -2.38. The second-order valence-electron chi connectivity index (χ2n) is 5.17. The van der Waals surface area contributed by atoms with Crippen LogP contribution in [0.3, 0.4) is 0 Å². The van der Waals surface area contributed by atoms with E-state index in [0.29, 0.717) is 35.1 Å². The lowest BCUT2D eigenvalue weighted by Crippen LogP contribution is -2.43. The molecule has 0 heterocycles. The summed E-state index contributed by atoms with van der Waals surface area (Å²) in [6, 6.07) is 3.10. The Morgan fingerprint density at radius 2 is 2.20 bits per heavy atom. The standard InChI is InChI=1S/C13H15BrN2O4/c1-8-5-10(9(14)6-11(8)16(19)20)15-7-13(12(17)18)3-2-4-13/h5-6,15H,2-4,7H2,1H3,(H,17,18). The van der Waals surface area contributed by atoms with Gasteiger partial charge in [-0.05, 0) is 41.8 Å². The van der Waals surface area contributed by atoms with Crippen molar-refractivity contribution in [2.75, 3.05) is 11.9 Å². The molecule has 0 saturated heterocycles. The number of carboxylic acids is 1. The number of benzene rings is 1. The number of nitrogens with one attached hydrogen (secondary N) is 1. The maximum absolute atomic E-state index is 11.3. The maximum atomic E-state index is 11.3. The zero-order valence-corrected chi connectivity index (χ0v) is 12.6. The minimum atomic E-state index is -0.786. The van der Waals surface area contributed by atoms with Gasteiger partial charge in [-0.15, -0.1) is 0 Å². The molecule has 0 spiro atoms. The molecule has 108 valence electrons. The van der Waals surface area contributed by atoms with Gasteiger partial charge in [-0.1, -0.05) is 6.42 Å². The van der Waals surface area contributed by atoms with E-state index in [2.05, 4.69) is 21.2 Å². The average Bonchev–Trinajstić information content (AvgIpc) is 2.30. The van der Waals surface area contributed by atoms with Crippen LogP contribution in [0.2, 0.25) is 0 Å². The predicted molar refractivity (Wildman–Crippen MR) is 77.9 cm³/mol. The number of nitro benzene ring substituents is 1. The van der Waals surface area contributed by atoms with Gasteiger partial charge in [0, 0.05) is 28.3 Å². The van der Waals surface area contributed by atoms with Crippen molar-refractivity contribution in [3.8, 4) is 0 Å². The normalized spacial score (nSPS) is 16.3. The van der Waals surface area contributed by atoms with Gasteiger partial charge < -0.3 is 10.4 Å². The van der Waals surface area contributed by atoms with Gasteiger partial charge in [0.05, 0.1) is 10.3 Å². The zero-order valence-electron chi connectivity index (χ0n) is 11.0. The molecule has 0 bridgehead atoms. The first-order chi connectivity index (χ1) is 9.35. The Hall–Kier alpha value is -1.63. The number of nitrogens with zero attached hydrogens (tertiary/aromatic N) is 1. The molecule has 2 rings (SSSR count). The first kappa shape index (κ1) is 14.8. The van der Waals surface area contributed by atoms with Gasteiger partial charge in [-0.3, -0.25) is 14.9 Å². The van der Waals surface area contributed by atoms with Gasteiger partial charge >= 0.3 is 5.97 Å².